The lowest BCUT2D eigenvalue weighted by molar-refractivity contribution is -0.140. The van der Waals surface area contributed by atoms with Gasteiger partial charge in [0, 0.05) is 17.8 Å². The normalized spacial score (nSPS) is 12.9. The van der Waals surface area contributed by atoms with Crippen LogP contribution >= 0.6 is 0 Å². The molecule has 35 heavy (non-hydrogen) atoms. The Morgan fingerprint density at radius 3 is 2.29 bits per heavy atom. The number of para-hydroxylation sites is 2. The van der Waals surface area contributed by atoms with Gasteiger partial charge in [-0.15, -0.1) is 0 Å². The summed E-state index contributed by atoms with van der Waals surface area (Å²) in [6.07, 6.45) is 0.689. The Morgan fingerprint density at radius 1 is 1.06 bits per heavy atom. The summed E-state index contributed by atoms with van der Waals surface area (Å²) in [4.78, 5) is 40.9. The van der Waals surface area contributed by atoms with Gasteiger partial charge < -0.3 is 25.4 Å². The highest BCUT2D eigenvalue weighted by molar-refractivity contribution is 5.99. The van der Waals surface area contributed by atoms with Crippen LogP contribution in [0, 0.1) is 6.92 Å². The number of carbonyl (C=O) groups is 3. The predicted molar refractivity (Wildman–Crippen MR) is 136 cm³/mol. The first-order valence-corrected chi connectivity index (χ1v) is 11.9. The fourth-order valence-corrected chi connectivity index (χ4v) is 3.57. The van der Waals surface area contributed by atoms with Crippen LogP contribution in [0.5, 0.6) is 5.75 Å². The first-order chi connectivity index (χ1) is 16.4. The second-order valence-electron chi connectivity index (χ2n) is 9.52. The molecular formula is C27H37N3O5. The maximum Gasteiger partial charge on any atom is 0.408 e. The number of alkyl carbamates (subject to hydrolysis) is 1. The Labute approximate surface area is 207 Å². The average molecular weight is 484 g/mol. The molecule has 0 aliphatic rings. The summed E-state index contributed by atoms with van der Waals surface area (Å²) in [6, 6.07) is 11.7. The van der Waals surface area contributed by atoms with Crippen molar-refractivity contribution in [3.8, 4) is 5.75 Å². The third-order valence-electron chi connectivity index (χ3n) is 5.33. The van der Waals surface area contributed by atoms with E-state index in [-0.39, 0.29) is 12.3 Å². The van der Waals surface area contributed by atoms with Crippen LogP contribution in [0.25, 0.3) is 0 Å². The van der Waals surface area contributed by atoms with Crippen LogP contribution in [0.2, 0.25) is 0 Å². The van der Waals surface area contributed by atoms with Crippen molar-refractivity contribution in [1.82, 2.24) is 10.2 Å². The third-order valence-corrected chi connectivity index (χ3v) is 5.33. The number of hydrogen-bond donors (Lipinski definition) is 3. The summed E-state index contributed by atoms with van der Waals surface area (Å²) >= 11 is 0. The molecule has 8 nitrogen and oxygen atoms in total. The lowest BCUT2D eigenvalue weighted by atomic mass is 10.0. The van der Waals surface area contributed by atoms with E-state index in [0.29, 0.717) is 17.7 Å². The van der Waals surface area contributed by atoms with Crippen LogP contribution in [-0.4, -0.2) is 46.1 Å². The summed E-state index contributed by atoms with van der Waals surface area (Å²) in [7, 11) is 0. The van der Waals surface area contributed by atoms with Crippen LogP contribution in [0.3, 0.4) is 0 Å². The fraction of sp³-hybridized carbons (Fsp3) is 0.444. The number of unbranched alkanes of at least 4 members (excludes halogenated alkanes) is 1. The van der Waals surface area contributed by atoms with Crippen molar-refractivity contribution >= 4 is 23.6 Å². The maximum atomic E-state index is 13.6. The highest BCUT2D eigenvalue weighted by Crippen LogP contribution is 2.31. The third kappa shape index (κ3) is 8.02. The van der Waals surface area contributed by atoms with Gasteiger partial charge >= 0.3 is 6.09 Å². The Hall–Kier alpha value is -3.55. The van der Waals surface area contributed by atoms with E-state index in [1.165, 1.54) is 11.0 Å². The molecule has 2 unspecified atom stereocenters. The number of ether oxygens (including phenoxy) is 1. The molecule has 3 N–H and O–H groups in total. The van der Waals surface area contributed by atoms with Gasteiger partial charge in [-0.05, 0) is 58.7 Å². The van der Waals surface area contributed by atoms with Gasteiger partial charge in [0.1, 0.15) is 23.4 Å². The smallest absolute Gasteiger partial charge is 0.408 e. The van der Waals surface area contributed by atoms with Gasteiger partial charge in [-0.25, -0.2) is 4.79 Å². The van der Waals surface area contributed by atoms with Gasteiger partial charge in [0.25, 0.3) is 5.91 Å². The van der Waals surface area contributed by atoms with Gasteiger partial charge in [-0.3, -0.25) is 9.59 Å². The minimum Gasteiger partial charge on any atom is -0.508 e. The SMILES string of the molecule is CCCCN(C(=O)C(C)NC(=O)OC(C)(C)C)C(C(=O)Nc1ccccc1C)c1ccccc1O. The number of aromatic hydroxyl groups is 1. The van der Waals surface area contributed by atoms with E-state index in [2.05, 4.69) is 10.6 Å². The molecule has 8 heteroatoms. The van der Waals surface area contributed by atoms with Gasteiger partial charge in [0.2, 0.25) is 5.91 Å². The van der Waals surface area contributed by atoms with Gasteiger partial charge in [-0.1, -0.05) is 49.7 Å². The van der Waals surface area contributed by atoms with E-state index in [1.54, 1.807) is 52.0 Å². The molecule has 190 valence electrons. The molecule has 0 aliphatic carbocycles. The van der Waals surface area contributed by atoms with E-state index >= 15 is 0 Å². The number of anilines is 1. The fourth-order valence-electron chi connectivity index (χ4n) is 3.57. The van der Waals surface area contributed by atoms with Crippen molar-refractivity contribution in [3.05, 3.63) is 59.7 Å². The van der Waals surface area contributed by atoms with Crippen molar-refractivity contribution < 1.29 is 24.2 Å². The standard InChI is InChI=1S/C27H37N3O5/c1-7-8-17-30(25(33)19(3)28-26(34)35-27(4,5)6)23(20-14-10-12-16-22(20)31)24(32)29-21-15-11-9-13-18(21)2/h9-16,19,23,31H,7-8,17H2,1-6H3,(H,28,34)(H,29,32). The molecule has 2 aromatic carbocycles. The zero-order valence-corrected chi connectivity index (χ0v) is 21.4. The van der Waals surface area contributed by atoms with E-state index < -0.39 is 35.6 Å². The topological polar surface area (TPSA) is 108 Å². The van der Waals surface area contributed by atoms with E-state index in [0.717, 1.165) is 12.0 Å². The summed E-state index contributed by atoms with van der Waals surface area (Å²) in [5, 5.41) is 16.1. The molecule has 2 rings (SSSR count). The number of amides is 3. The molecule has 0 saturated carbocycles. The Bertz CT molecular complexity index is 1030. The van der Waals surface area contributed by atoms with Crippen molar-refractivity contribution in [2.75, 3.05) is 11.9 Å². The molecule has 2 aromatic rings. The van der Waals surface area contributed by atoms with Crippen molar-refractivity contribution in [1.29, 1.82) is 0 Å². The van der Waals surface area contributed by atoms with E-state index in [1.807, 2.05) is 32.0 Å². The molecule has 0 bridgehead atoms. The van der Waals surface area contributed by atoms with Gasteiger partial charge in [-0.2, -0.15) is 0 Å². The highest BCUT2D eigenvalue weighted by atomic mass is 16.6. The van der Waals surface area contributed by atoms with Crippen molar-refractivity contribution in [2.45, 2.75) is 72.1 Å². The molecule has 0 aromatic heterocycles. The molecular weight excluding hydrogens is 446 g/mol. The van der Waals surface area contributed by atoms with Crippen LogP contribution in [-0.2, 0) is 14.3 Å². The predicted octanol–water partition coefficient (Wildman–Crippen LogP) is 4.92. The van der Waals surface area contributed by atoms with Crippen molar-refractivity contribution in [2.24, 2.45) is 0 Å². The lowest BCUT2D eigenvalue weighted by Crippen LogP contribution is -2.51. The number of nitrogens with zero attached hydrogens (tertiary/aromatic N) is 1. The molecule has 0 radical (unpaired) electrons. The first kappa shape index (κ1) is 27.7. The summed E-state index contributed by atoms with van der Waals surface area (Å²) < 4.78 is 5.28. The zero-order valence-electron chi connectivity index (χ0n) is 21.4. The van der Waals surface area contributed by atoms with E-state index in [9.17, 15) is 19.5 Å². The minimum atomic E-state index is -1.11. The number of phenolic OH excluding ortho intramolecular Hbond substituents is 1. The second kappa shape index (κ2) is 12.2. The quantitative estimate of drug-likeness (QED) is 0.469. The minimum absolute atomic E-state index is 0.0977. The van der Waals surface area contributed by atoms with Crippen LogP contribution < -0.4 is 10.6 Å². The average Bonchev–Trinajstić information content (AvgIpc) is 2.77. The van der Waals surface area contributed by atoms with Crippen LogP contribution in [0.1, 0.15) is 64.6 Å². The maximum absolute atomic E-state index is 13.6. The second-order valence-corrected chi connectivity index (χ2v) is 9.52. The number of phenols is 1. The molecule has 0 fully saturated rings. The zero-order chi connectivity index (χ0) is 26.2. The lowest BCUT2D eigenvalue weighted by Gasteiger charge is -2.34. The molecule has 3 amide bonds. The number of hydrogen-bond acceptors (Lipinski definition) is 5. The highest BCUT2D eigenvalue weighted by Gasteiger charge is 2.36. The van der Waals surface area contributed by atoms with Crippen LogP contribution in [0.15, 0.2) is 48.5 Å². The molecule has 2 atom stereocenters. The number of rotatable bonds is 9. The molecule has 0 saturated heterocycles. The van der Waals surface area contributed by atoms with Crippen molar-refractivity contribution in [3.63, 3.8) is 0 Å². The van der Waals surface area contributed by atoms with E-state index in [4.69, 9.17) is 4.74 Å². The molecule has 0 aliphatic heterocycles. The number of nitrogens with one attached hydrogen (secondary N) is 2. The molecule has 0 heterocycles. The number of aryl methyl sites for hydroxylation is 1. The number of benzene rings is 2. The number of carbonyl (C=O) groups excluding carboxylic acids is 3. The Kier molecular flexibility index (Phi) is 9.68. The van der Waals surface area contributed by atoms with Gasteiger partial charge in [0.15, 0.2) is 0 Å². The Balaban J connectivity index is 2.43. The Morgan fingerprint density at radius 2 is 1.69 bits per heavy atom. The summed E-state index contributed by atoms with van der Waals surface area (Å²) in [5.41, 5.74) is 1.05. The van der Waals surface area contributed by atoms with Crippen LogP contribution in [0.4, 0.5) is 10.5 Å². The first-order valence-electron chi connectivity index (χ1n) is 11.9. The summed E-state index contributed by atoms with van der Waals surface area (Å²) in [5.74, 6) is -1.02. The largest absolute Gasteiger partial charge is 0.508 e. The molecule has 0 spiro atoms. The monoisotopic (exact) mass is 483 g/mol. The summed E-state index contributed by atoms with van der Waals surface area (Å²) in [6.45, 7) is 10.9. The van der Waals surface area contributed by atoms with Gasteiger partial charge in [0.05, 0.1) is 0 Å².